The van der Waals surface area contributed by atoms with Gasteiger partial charge >= 0.3 is 0 Å². The Labute approximate surface area is 119 Å². The van der Waals surface area contributed by atoms with Crippen molar-refractivity contribution in [2.45, 2.75) is 6.92 Å². The van der Waals surface area contributed by atoms with Crippen molar-refractivity contribution in [1.29, 1.82) is 5.26 Å². The summed E-state index contributed by atoms with van der Waals surface area (Å²) in [6, 6.07) is 13.4. The third-order valence-corrected chi connectivity index (χ3v) is 3.73. The molecule has 0 heterocycles. The highest BCUT2D eigenvalue weighted by atomic mass is 79.9. The fourth-order valence-electron chi connectivity index (χ4n) is 1.63. The number of rotatable bonds is 2. The van der Waals surface area contributed by atoms with Gasteiger partial charge in [0.2, 0.25) is 0 Å². The normalized spacial score (nSPS) is 9.89. The van der Waals surface area contributed by atoms with E-state index in [2.05, 4.69) is 27.3 Å². The lowest BCUT2D eigenvalue weighted by atomic mass is 10.1. The van der Waals surface area contributed by atoms with Gasteiger partial charge in [-0.3, -0.25) is 0 Å². The van der Waals surface area contributed by atoms with Crippen LogP contribution in [0.2, 0.25) is 5.02 Å². The molecule has 0 saturated carbocycles. The molecule has 1 N–H and O–H groups in total. The summed E-state index contributed by atoms with van der Waals surface area (Å²) in [5, 5.41) is 13.1. The predicted molar refractivity (Wildman–Crippen MR) is 78.3 cm³/mol. The van der Waals surface area contributed by atoms with E-state index in [9.17, 15) is 0 Å². The predicted octanol–water partition coefficient (Wildman–Crippen LogP) is 5.03. The van der Waals surface area contributed by atoms with Crippen LogP contribution >= 0.6 is 27.5 Å². The molecule has 18 heavy (non-hydrogen) atoms. The van der Waals surface area contributed by atoms with E-state index >= 15 is 0 Å². The summed E-state index contributed by atoms with van der Waals surface area (Å²) >= 11 is 9.44. The van der Waals surface area contributed by atoms with Crippen LogP contribution in [-0.4, -0.2) is 0 Å². The monoisotopic (exact) mass is 320 g/mol. The van der Waals surface area contributed by atoms with Crippen molar-refractivity contribution in [3.8, 4) is 6.07 Å². The van der Waals surface area contributed by atoms with Crippen LogP contribution in [0.15, 0.2) is 40.9 Å². The molecule has 0 atom stereocenters. The van der Waals surface area contributed by atoms with Crippen LogP contribution in [0.4, 0.5) is 11.4 Å². The van der Waals surface area contributed by atoms with Crippen molar-refractivity contribution >= 4 is 38.9 Å². The zero-order valence-corrected chi connectivity index (χ0v) is 12.0. The van der Waals surface area contributed by atoms with E-state index in [4.69, 9.17) is 16.9 Å². The number of nitrogens with one attached hydrogen (secondary N) is 1. The molecule has 0 spiro atoms. The molecule has 90 valence electrons. The molecule has 2 aromatic rings. The quantitative estimate of drug-likeness (QED) is 0.842. The van der Waals surface area contributed by atoms with Gasteiger partial charge in [0.05, 0.1) is 11.3 Å². The van der Waals surface area contributed by atoms with Gasteiger partial charge in [-0.15, -0.1) is 0 Å². The Morgan fingerprint density at radius 3 is 2.56 bits per heavy atom. The van der Waals surface area contributed by atoms with Crippen molar-refractivity contribution in [3.05, 3.63) is 57.0 Å². The number of nitriles is 1. The van der Waals surface area contributed by atoms with Gasteiger partial charge in [0, 0.05) is 15.2 Å². The first kappa shape index (κ1) is 12.9. The first-order chi connectivity index (χ1) is 8.63. The minimum atomic E-state index is 0.580. The molecule has 0 bridgehead atoms. The van der Waals surface area contributed by atoms with E-state index < -0.39 is 0 Å². The zero-order valence-electron chi connectivity index (χ0n) is 9.67. The Hall–Kier alpha value is -1.50. The van der Waals surface area contributed by atoms with Crippen LogP contribution in [0.1, 0.15) is 11.1 Å². The molecule has 0 aromatic heterocycles. The average Bonchev–Trinajstić information content (AvgIpc) is 2.35. The Balaban J connectivity index is 2.44. The number of nitrogens with zero attached hydrogens (tertiary/aromatic N) is 1. The fraction of sp³-hybridized carbons (Fsp3) is 0.0714. The van der Waals surface area contributed by atoms with Gasteiger partial charge in [-0.2, -0.15) is 5.26 Å². The van der Waals surface area contributed by atoms with Crippen molar-refractivity contribution in [1.82, 2.24) is 0 Å². The average molecular weight is 322 g/mol. The summed E-state index contributed by atoms with van der Waals surface area (Å²) < 4.78 is 0.773. The highest BCUT2D eigenvalue weighted by molar-refractivity contribution is 9.10. The van der Waals surface area contributed by atoms with Gasteiger partial charge in [-0.05, 0) is 52.7 Å². The van der Waals surface area contributed by atoms with Crippen LogP contribution in [-0.2, 0) is 0 Å². The maximum Gasteiger partial charge on any atom is 0.103 e. The highest BCUT2D eigenvalue weighted by Gasteiger charge is 2.08. The standard InChI is InChI=1S/C14H10BrClN2/c1-9-12(16)5-3-6-13(9)18-14-7-2-4-11(15)10(14)8-17/h2-7,18H,1H3. The Morgan fingerprint density at radius 1 is 1.17 bits per heavy atom. The first-order valence-corrected chi connectivity index (χ1v) is 6.51. The SMILES string of the molecule is Cc1c(Cl)cccc1Nc1cccc(Br)c1C#N. The molecule has 0 unspecified atom stereocenters. The van der Waals surface area contributed by atoms with E-state index in [1.165, 1.54) is 0 Å². The summed E-state index contributed by atoms with van der Waals surface area (Å²) in [7, 11) is 0. The lowest BCUT2D eigenvalue weighted by molar-refractivity contribution is 1.40. The van der Waals surface area contributed by atoms with Crippen molar-refractivity contribution in [2.24, 2.45) is 0 Å². The second-order valence-electron chi connectivity index (χ2n) is 3.81. The zero-order chi connectivity index (χ0) is 13.1. The second-order valence-corrected chi connectivity index (χ2v) is 5.07. The summed E-state index contributed by atoms with van der Waals surface area (Å²) in [6.45, 7) is 1.94. The second kappa shape index (κ2) is 5.43. The van der Waals surface area contributed by atoms with Gasteiger partial charge in [0.15, 0.2) is 0 Å². The van der Waals surface area contributed by atoms with E-state index in [0.717, 1.165) is 21.4 Å². The van der Waals surface area contributed by atoms with Crippen molar-refractivity contribution in [3.63, 3.8) is 0 Å². The van der Waals surface area contributed by atoms with Gasteiger partial charge in [-0.25, -0.2) is 0 Å². The molecule has 2 nitrogen and oxygen atoms in total. The molecule has 0 amide bonds. The van der Waals surface area contributed by atoms with E-state index in [0.29, 0.717) is 10.6 Å². The lowest BCUT2D eigenvalue weighted by Crippen LogP contribution is -1.96. The van der Waals surface area contributed by atoms with E-state index in [-0.39, 0.29) is 0 Å². The summed E-state index contributed by atoms with van der Waals surface area (Å²) in [5.74, 6) is 0. The summed E-state index contributed by atoms with van der Waals surface area (Å²) in [4.78, 5) is 0. The van der Waals surface area contributed by atoms with Crippen LogP contribution in [0.3, 0.4) is 0 Å². The van der Waals surface area contributed by atoms with Crippen LogP contribution in [0.25, 0.3) is 0 Å². The van der Waals surface area contributed by atoms with E-state index in [1.807, 2.05) is 43.3 Å². The molecule has 0 aliphatic heterocycles. The van der Waals surface area contributed by atoms with Gasteiger partial charge < -0.3 is 5.32 Å². The number of anilines is 2. The lowest BCUT2D eigenvalue weighted by Gasteiger charge is -2.12. The molecular formula is C14H10BrClN2. The van der Waals surface area contributed by atoms with Crippen LogP contribution in [0.5, 0.6) is 0 Å². The highest BCUT2D eigenvalue weighted by Crippen LogP contribution is 2.30. The Bertz CT molecular complexity index is 632. The first-order valence-electron chi connectivity index (χ1n) is 5.34. The van der Waals surface area contributed by atoms with E-state index in [1.54, 1.807) is 0 Å². The number of benzene rings is 2. The minimum Gasteiger partial charge on any atom is -0.354 e. The molecular weight excluding hydrogens is 312 g/mol. The molecule has 2 rings (SSSR count). The molecule has 2 aromatic carbocycles. The largest absolute Gasteiger partial charge is 0.354 e. The van der Waals surface area contributed by atoms with Gasteiger partial charge in [0.25, 0.3) is 0 Å². The fourth-order valence-corrected chi connectivity index (χ4v) is 2.26. The van der Waals surface area contributed by atoms with Crippen LogP contribution in [0, 0.1) is 18.3 Å². The number of hydrogen-bond donors (Lipinski definition) is 1. The van der Waals surface area contributed by atoms with Crippen molar-refractivity contribution < 1.29 is 0 Å². The third kappa shape index (κ3) is 2.50. The number of hydrogen-bond acceptors (Lipinski definition) is 2. The smallest absolute Gasteiger partial charge is 0.103 e. The number of halogens is 2. The molecule has 0 radical (unpaired) electrons. The Morgan fingerprint density at radius 2 is 1.83 bits per heavy atom. The molecule has 0 aliphatic carbocycles. The Kier molecular flexibility index (Phi) is 3.90. The van der Waals surface area contributed by atoms with Gasteiger partial charge in [-0.1, -0.05) is 23.7 Å². The summed E-state index contributed by atoms with van der Waals surface area (Å²) in [6.07, 6.45) is 0. The molecule has 0 saturated heterocycles. The van der Waals surface area contributed by atoms with Gasteiger partial charge in [0.1, 0.15) is 6.07 Å². The van der Waals surface area contributed by atoms with Crippen LogP contribution < -0.4 is 5.32 Å². The molecule has 4 heteroatoms. The topological polar surface area (TPSA) is 35.8 Å². The third-order valence-electron chi connectivity index (χ3n) is 2.66. The van der Waals surface area contributed by atoms with Crippen molar-refractivity contribution in [2.75, 3.05) is 5.32 Å². The maximum atomic E-state index is 9.16. The minimum absolute atomic E-state index is 0.580. The molecule has 0 aliphatic rings. The molecule has 0 fully saturated rings. The summed E-state index contributed by atoms with van der Waals surface area (Å²) in [5.41, 5.74) is 3.20. The maximum absolute atomic E-state index is 9.16.